The maximum atomic E-state index is 5.95. The van der Waals surface area contributed by atoms with Crippen molar-refractivity contribution >= 4 is 0 Å². The third kappa shape index (κ3) is 3.58. The number of hydrogen-bond donors (Lipinski definition) is 1. The summed E-state index contributed by atoms with van der Waals surface area (Å²) >= 11 is 0. The number of hydrogen-bond acceptors (Lipinski definition) is 2. The zero-order chi connectivity index (χ0) is 13.7. The van der Waals surface area contributed by atoms with Crippen LogP contribution in [0.5, 0.6) is 11.5 Å². The molecule has 2 aromatic rings. The first-order valence-corrected chi connectivity index (χ1v) is 6.79. The van der Waals surface area contributed by atoms with E-state index in [4.69, 9.17) is 10.5 Å². The zero-order valence-corrected chi connectivity index (χ0v) is 11.6. The molecule has 2 nitrogen and oxygen atoms in total. The Bertz CT molecular complexity index is 549. The van der Waals surface area contributed by atoms with Crippen LogP contribution in [0.3, 0.4) is 0 Å². The predicted octanol–water partition coefficient (Wildman–Crippen LogP) is 3.85. The molecule has 2 N–H and O–H groups in total. The Morgan fingerprint density at radius 1 is 1.05 bits per heavy atom. The van der Waals surface area contributed by atoms with Crippen LogP contribution in [-0.4, -0.2) is 6.54 Å². The lowest BCUT2D eigenvalue weighted by Crippen LogP contribution is -2.02. The Kier molecular flexibility index (Phi) is 4.58. The molecular formula is C17H21NO. The smallest absolute Gasteiger partial charge is 0.130 e. The summed E-state index contributed by atoms with van der Waals surface area (Å²) in [5, 5.41) is 0. The largest absolute Gasteiger partial charge is 0.457 e. The first-order chi connectivity index (χ1) is 9.22. The van der Waals surface area contributed by atoms with Crippen LogP contribution >= 0.6 is 0 Å². The van der Waals surface area contributed by atoms with Gasteiger partial charge in [0.1, 0.15) is 11.5 Å². The SMILES string of the molecule is CCc1cccc(Oc2ccc(CCN)cc2C)c1. The number of rotatable bonds is 5. The first-order valence-electron chi connectivity index (χ1n) is 6.79. The standard InChI is InChI=1S/C17H21NO/c1-3-14-5-4-6-16(12-14)19-17-8-7-15(9-10-18)11-13(17)2/h4-8,11-12H,3,9-10,18H2,1-2H3. The molecule has 0 unspecified atom stereocenters. The van der Waals surface area contributed by atoms with Gasteiger partial charge in [-0.05, 0) is 61.2 Å². The van der Waals surface area contributed by atoms with Gasteiger partial charge in [0.15, 0.2) is 0 Å². The third-order valence-electron chi connectivity index (χ3n) is 3.21. The van der Waals surface area contributed by atoms with E-state index in [1.54, 1.807) is 0 Å². The van der Waals surface area contributed by atoms with E-state index < -0.39 is 0 Å². The Morgan fingerprint density at radius 2 is 1.89 bits per heavy atom. The molecular weight excluding hydrogens is 234 g/mol. The molecule has 0 saturated carbocycles. The van der Waals surface area contributed by atoms with Crippen LogP contribution in [0.4, 0.5) is 0 Å². The van der Waals surface area contributed by atoms with Gasteiger partial charge in [-0.3, -0.25) is 0 Å². The molecule has 0 radical (unpaired) electrons. The van der Waals surface area contributed by atoms with Gasteiger partial charge in [-0.1, -0.05) is 31.2 Å². The summed E-state index contributed by atoms with van der Waals surface area (Å²) in [6.45, 7) is 4.89. The summed E-state index contributed by atoms with van der Waals surface area (Å²) in [4.78, 5) is 0. The van der Waals surface area contributed by atoms with Crippen LogP contribution in [-0.2, 0) is 12.8 Å². The lowest BCUT2D eigenvalue weighted by atomic mass is 10.1. The van der Waals surface area contributed by atoms with Crippen molar-refractivity contribution in [3.8, 4) is 11.5 Å². The molecule has 0 fully saturated rings. The van der Waals surface area contributed by atoms with Crippen molar-refractivity contribution in [3.05, 3.63) is 59.2 Å². The summed E-state index contributed by atoms with van der Waals surface area (Å²) in [5.41, 5.74) is 9.26. The van der Waals surface area contributed by atoms with Crippen molar-refractivity contribution < 1.29 is 4.74 Å². The second-order valence-corrected chi connectivity index (χ2v) is 4.74. The fourth-order valence-electron chi connectivity index (χ4n) is 2.10. The van der Waals surface area contributed by atoms with Crippen molar-refractivity contribution in [2.24, 2.45) is 5.73 Å². The normalized spacial score (nSPS) is 10.5. The Hall–Kier alpha value is -1.80. The molecule has 2 heteroatoms. The van der Waals surface area contributed by atoms with Crippen LogP contribution in [0.2, 0.25) is 0 Å². The molecule has 0 aliphatic heterocycles. The zero-order valence-electron chi connectivity index (χ0n) is 11.6. The summed E-state index contributed by atoms with van der Waals surface area (Å²) in [5.74, 6) is 1.81. The highest BCUT2D eigenvalue weighted by atomic mass is 16.5. The minimum atomic E-state index is 0.679. The maximum absolute atomic E-state index is 5.95. The highest BCUT2D eigenvalue weighted by molar-refractivity contribution is 5.40. The van der Waals surface area contributed by atoms with Gasteiger partial charge in [-0.25, -0.2) is 0 Å². The van der Waals surface area contributed by atoms with Crippen molar-refractivity contribution in [1.82, 2.24) is 0 Å². The van der Waals surface area contributed by atoms with Gasteiger partial charge in [0.05, 0.1) is 0 Å². The van der Waals surface area contributed by atoms with Crippen LogP contribution < -0.4 is 10.5 Å². The quantitative estimate of drug-likeness (QED) is 0.880. The molecule has 0 atom stereocenters. The number of aryl methyl sites for hydroxylation is 2. The van der Waals surface area contributed by atoms with Crippen LogP contribution in [0.15, 0.2) is 42.5 Å². The summed E-state index contributed by atoms with van der Waals surface area (Å²) in [6, 6.07) is 14.5. The average molecular weight is 255 g/mol. The van der Waals surface area contributed by atoms with E-state index in [-0.39, 0.29) is 0 Å². The fraction of sp³-hybridized carbons (Fsp3) is 0.294. The van der Waals surface area contributed by atoms with Crippen molar-refractivity contribution in [2.45, 2.75) is 26.7 Å². The fourth-order valence-corrected chi connectivity index (χ4v) is 2.10. The first kappa shape index (κ1) is 13.6. The molecule has 19 heavy (non-hydrogen) atoms. The summed E-state index contributed by atoms with van der Waals surface area (Å²) in [6.07, 6.45) is 1.93. The Balaban J connectivity index is 2.18. The number of benzene rings is 2. The predicted molar refractivity (Wildman–Crippen MR) is 79.8 cm³/mol. The Morgan fingerprint density at radius 3 is 2.58 bits per heavy atom. The van der Waals surface area contributed by atoms with E-state index in [1.807, 2.05) is 18.2 Å². The van der Waals surface area contributed by atoms with Crippen LogP contribution in [0.1, 0.15) is 23.6 Å². The molecule has 0 saturated heterocycles. The molecule has 100 valence electrons. The summed E-state index contributed by atoms with van der Waals surface area (Å²) in [7, 11) is 0. The molecule has 2 rings (SSSR count). The van der Waals surface area contributed by atoms with E-state index in [0.29, 0.717) is 6.54 Å². The second kappa shape index (κ2) is 6.39. The van der Waals surface area contributed by atoms with Gasteiger partial charge >= 0.3 is 0 Å². The van der Waals surface area contributed by atoms with E-state index >= 15 is 0 Å². The highest BCUT2D eigenvalue weighted by Gasteiger charge is 2.03. The molecule has 2 aromatic carbocycles. The summed E-state index contributed by atoms with van der Waals surface area (Å²) < 4.78 is 5.95. The highest BCUT2D eigenvalue weighted by Crippen LogP contribution is 2.26. The van der Waals surface area contributed by atoms with Gasteiger partial charge in [0.2, 0.25) is 0 Å². The van der Waals surface area contributed by atoms with Gasteiger partial charge < -0.3 is 10.5 Å². The molecule has 0 heterocycles. The number of nitrogens with two attached hydrogens (primary N) is 1. The lowest BCUT2D eigenvalue weighted by molar-refractivity contribution is 0.478. The van der Waals surface area contributed by atoms with E-state index in [9.17, 15) is 0 Å². The second-order valence-electron chi connectivity index (χ2n) is 4.74. The molecule has 0 aliphatic rings. The van der Waals surface area contributed by atoms with Crippen LogP contribution in [0, 0.1) is 6.92 Å². The van der Waals surface area contributed by atoms with Gasteiger partial charge in [0, 0.05) is 0 Å². The minimum Gasteiger partial charge on any atom is -0.457 e. The van der Waals surface area contributed by atoms with E-state index in [2.05, 4.69) is 38.1 Å². The van der Waals surface area contributed by atoms with Gasteiger partial charge in [-0.15, -0.1) is 0 Å². The molecule has 0 aromatic heterocycles. The molecule has 0 amide bonds. The molecule has 0 aliphatic carbocycles. The van der Waals surface area contributed by atoms with Gasteiger partial charge in [0.25, 0.3) is 0 Å². The molecule has 0 spiro atoms. The van der Waals surface area contributed by atoms with E-state index in [1.165, 1.54) is 11.1 Å². The van der Waals surface area contributed by atoms with Crippen molar-refractivity contribution in [2.75, 3.05) is 6.54 Å². The number of ether oxygens (including phenoxy) is 1. The van der Waals surface area contributed by atoms with Gasteiger partial charge in [-0.2, -0.15) is 0 Å². The lowest BCUT2D eigenvalue weighted by Gasteiger charge is -2.11. The Labute approximate surface area is 115 Å². The topological polar surface area (TPSA) is 35.2 Å². The van der Waals surface area contributed by atoms with E-state index in [0.717, 1.165) is 29.9 Å². The monoisotopic (exact) mass is 255 g/mol. The third-order valence-corrected chi connectivity index (χ3v) is 3.21. The maximum Gasteiger partial charge on any atom is 0.130 e. The molecule has 0 bridgehead atoms. The minimum absolute atomic E-state index is 0.679. The van der Waals surface area contributed by atoms with Crippen LogP contribution in [0.25, 0.3) is 0 Å². The average Bonchev–Trinajstić information content (AvgIpc) is 2.42. The van der Waals surface area contributed by atoms with Crippen molar-refractivity contribution in [3.63, 3.8) is 0 Å². The van der Waals surface area contributed by atoms with Crippen molar-refractivity contribution in [1.29, 1.82) is 0 Å².